The molecule has 2 aromatic carbocycles. The fourth-order valence-corrected chi connectivity index (χ4v) is 2.93. The number of hydrogen-bond donors (Lipinski definition) is 1. The fourth-order valence-electron chi connectivity index (χ4n) is 2.93. The van der Waals surface area contributed by atoms with Gasteiger partial charge >= 0.3 is 0 Å². The molecule has 5 heteroatoms. The topological polar surface area (TPSA) is 54.5 Å². The monoisotopic (exact) mass is 337 g/mol. The average molecular weight is 337 g/mol. The quantitative estimate of drug-likeness (QED) is 0.529. The minimum absolute atomic E-state index is 0.233. The summed E-state index contributed by atoms with van der Waals surface area (Å²) in [5.74, 6) is 0. The number of benzene rings is 2. The van der Waals surface area contributed by atoms with Crippen LogP contribution < -0.4 is 11.0 Å². The predicted octanol–water partition coefficient (Wildman–Crippen LogP) is 3.43. The molecule has 0 radical (unpaired) electrons. The Hall–Kier alpha value is -2.50. The lowest BCUT2D eigenvalue weighted by atomic mass is 10.1. The minimum Gasteiger partial charge on any atom is -0.301 e. The van der Waals surface area contributed by atoms with E-state index in [1.165, 1.54) is 0 Å². The Morgan fingerprint density at radius 1 is 0.960 bits per heavy atom. The third-order valence-electron chi connectivity index (χ3n) is 4.40. The summed E-state index contributed by atoms with van der Waals surface area (Å²) in [4.78, 5) is 24.7. The summed E-state index contributed by atoms with van der Waals surface area (Å²) >= 11 is 0. The average Bonchev–Trinajstić information content (AvgIpc) is 2.77. The van der Waals surface area contributed by atoms with Gasteiger partial charge in [-0.15, -0.1) is 0 Å². The maximum absolute atomic E-state index is 12.5. The summed E-state index contributed by atoms with van der Waals surface area (Å²) in [7, 11) is 0. The van der Waals surface area contributed by atoms with Crippen LogP contribution in [0.1, 0.15) is 13.8 Å². The zero-order valence-electron chi connectivity index (χ0n) is 14.7. The standard InChI is InChI=1S/C20H23N3O2/c1-3-23(4-2)13-14-25-22-19-15-9-5-6-10-16(15)20(24)21-18-12-8-7-11-17(18)19/h5-12,22H,3-4,13-14H2,1-2H3. The predicted molar refractivity (Wildman–Crippen MR) is 103 cm³/mol. The largest absolute Gasteiger partial charge is 0.301 e. The summed E-state index contributed by atoms with van der Waals surface area (Å²) in [5.41, 5.74) is 4.27. The molecule has 0 atom stereocenters. The van der Waals surface area contributed by atoms with Crippen LogP contribution in [0.5, 0.6) is 0 Å². The molecule has 1 heterocycles. The van der Waals surface area contributed by atoms with E-state index in [2.05, 4.69) is 29.2 Å². The number of anilines is 1. The summed E-state index contributed by atoms with van der Waals surface area (Å²) in [6, 6.07) is 15.1. The first-order valence-corrected chi connectivity index (χ1v) is 8.66. The molecule has 5 nitrogen and oxygen atoms in total. The molecule has 3 rings (SSSR count). The van der Waals surface area contributed by atoms with Gasteiger partial charge in [-0.25, -0.2) is 4.98 Å². The van der Waals surface area contributed by atoms with E-state index >= 15 is 0 Å². The Labute approximate surface area is 147 Å². The van der Waals surface area contributed by atoms with E-state index in [-0.39, 0.29) is 5.56 Å². The first kappa shape index (κ1) is 17.3. The van der Waals surface area contributed by atoms with Crippen molar-refractivity contribution < 1.29 is 4.84 Å². The van der Waals surface area contributed by atoms with Crippen LogP contribution in [0.25, 0.3) is 21.7 Å². The van der Waals surface area contributed by atoms with Gasteiger partial charge in [0.05, 0.1) is 23.2 Å². The van der Waals surface area contributed by atoms with Crippen LogP contribution in [-0.4, -0.2) is 36.1 Å². The fraction of sp³-hybridized carbons (Fsp3) is 0.300. The van der Waals surface area contributed by atoms with Crippen LogP contribution in [-0.2, 0) is 4.84 Å². The Bertz CT molecular complexity index is 923. The first-order chi connectivity index (χ1) is 12.2. The number of nitrogens with one attached hydrogen (secondary N) is 1. The molecule has 1 N–H and O–H groups in total. The number of fused-ring (bicyclic) bond motifs is 2. The lowest BCUT2D eigenvalue weighted by molar-refractivity contribution is 0.151. The van der Waals surface area contributed by atoms with Crippen molar-refractivity contribution in [2.24, 2.45) is 0 Å². The Balaban J connectivity index is 2.00. The lowest BCUT2D eigenvalue weighted by Crippen LogP contribution is -2.27. The third kappa shape index (κ3) is 3.78. The van der Waals surface area contributed by atoms with Crippen molar-refractivity contribution in [2.45, 2.75) is 13.8 Å². The molecule has 0 saturated heterocycles. The lowest BCUT2D eigenvalue weighted by Gasteiger charge is -2.18. The highest BCUT2D eigenvalue weighted by Crippen LogP contribution is 2.27. The molecule has 0 amide bonds. The SMILES string of the molecule is CCN(CC)CCONc1c2ccccc2nc(=O)c2ccccc12. The van der Waals surface area contributed by atoms with E-state index in [0.29, 0.717) is 17.5 Å². The number of para-hydroxylation sites is 1. The van der Waals surface area contributed by atoms with E-state index < -0.39 is 0 Å². The molecule has 0 aliphatic carbocycles. The van der Waals surface area contributed by atoms with E-state index in [9.17, 15) is 4.79 Å². The van der Waals surface area contributed by atoms with Crippen LogP contribution in [0.2, 0.25) is 0 Å². The molecule has 0 spiro atoms. The van der Waals surface area contributed by atoms with Gasteiger partial charge in [0.15, 0.2) is 0 Å². The molecule has 130 valence electrons. The Morgan fingerprint density at radius 2 is 1.60 bits per heavy atom. The van der Waals surface area contributed by atoms with Crippen molar-refractivity contribution in [1.29, 1.82) is 0 Å². The molecule has 1 aromatic heterocycles. The summed E-state index contributed by atoms with van der Waals surface area (Å²) < 4.78 is 0. The summed E-state index contributed by atoms with van der Waals surface area (Å²) in [5, 5.41) is 2.25. The van der Waals surface area contributed by atoms with Crippen molar-refractivity contribution in [3.8, 4) is 0 Å². The van der Waals surface area contributed by atoms with Crippen LogP contribution >= 0.6 is 0 Å². The number of likely N-dealkylation sites (N-methyl/N-ethyl adjacent to an activating group) is 1. The van der Waals surface area contributed by atoms with Crippen LogP contribution in [0.15, 0.2) is 53.3 Å². The molecule has 0 aliphatic rings. The molecular weight excluding hydrogens is 314 g/mol. The van der Waals surface area contributed by atoms with Crippen molar-refractivity contribution in [3.63, 3.8) is 0 Å². The molecule has 0 unspecified atom stereocenters. The van der Waals surface area contributed by atoms with E-state index in [0.717, 1.165) is 36.1 Å². The van der Waals surface area contributed by atoms with E-state index in [4.69, 9.17) is 4.84 Å². The molecule has 0 bridgehead atoms. The second-order valence-electron chi connectivity index (χ2n) is 5.83. The second-order valence-corrected chi connectivity index (χ2v) is 5.83. The number of rotatable bonds is 7. The summed E-state index contributed by atoms with van der Waals surface area (Å²) in [6.07, 6.45) is 0. The van der Waals surface area contributed by atoms with Crippen LogP contribution in [0.3, 0.4) is 0 Å². The van der Waals surface area contributed by atoms with Crippen molar-refractivity contribution in [2.75, 3.05) is 31.7 Å². The zero-order valence-corrected chi connectivity index (χ0v) is 14.7. The highest BCUT2D eigenvalue weighted by Gasteiger charge is 2.09. The van der Waals surface area contributed by atoms with Crippen LogP contribution in [0.4, 0.5) is 5.69 Å². The highest BCUT2D eigenvalue weighted by molar-refractivity contribution is 6.05. The zero-order chi connectivity index (χ0) is 17.6. The maximum Gasteiger partial charge on any atom is 0.278 e. The number of aromatic nitrogens is 1. The van der Waals surface area contributed by atoms with Gasteiger partial charge in [0.2, 0.25) is 0 Å². The molecule has 0 fully saturated rings. The summed E-state index contributed by atoms with van der Waals surface area (Å²) in [6.45, 7) is 7.67. The van der Waals surface area contributed by atoms with Gasteiger partial charge in [-0.3, -0.25) is 15.1 Å². The molecule has 25 heavy (non-hydrogen) atoms. The first-order valence-electron chi connectivity index (χ1n) is 8.66. The molecule has 0 aliphatic heterocycles. The van der Waals surface area contributed by atoms with Gasteiger partial charge in [0.1, 0.15) is 0 Å². The van der Waals surface area contributed by atoms with Gasteiger partial charge in [0.25, 0.3) is 5.56 Å². The smallest absolute Gasteiger partial charge is 0.278 e. The van der Waals surface area contributed by atoms with Gasteiger partial charge in [0, 0.05) is 17.3 Å². The van der Waals surface area contributed by atoms with Gasteiger partial charge in [-0.1, -0.05) is 50.2 Å². The van der Waals surface area contributed by atoms with Gasteiger partial charge in [-0.05, 0) is 25.2 Å². The van der Waals surface area contributed by atoms with Crippen molar-refractivity contribution in [3.05, 3.63) is 58.9 Å². The van der Waals surface area contributed by atoms with Crippen molar-refractivity contribution >= 4 is 27.4 Å². The number of nitrogens with zero attached hydrogens (tertiary/aromatic N) is 2. The highest BCUT2D eigenvalue weighted by atomic mass is 16.6. The van der Waals surface area contributed by atoms with Gasteiger partial charge < -0.3 is 4.90 Å². The molecule has 3 aromatic rings. The molecular formula is C20H23N3O2. The van der Waals surface area contributed by atoms with Crippen LogP contribution in [0, 0.1) is 0 Å². The maximum atomic E-state index is 12.5. The number of hydrogen-bond acceptors (Lipinski definition) is 5. The van der Waals surface area contributed by atoms with E-state index in [1.54, 1.807) is 6.07 Å². The van der Waals surface area contributed by atoms with Crippen molar-refractivity contribution in [1.82, 2.24) is 9.88 Å². The molecule has 0 saturated carbocycles. The Morgan fingerprint density at radius 3 is 2.32 bits per heavy atom. The Kier molecular flexibility index (Phi) is 5.58. The van der Waals surface area contributed by atoms with Gasteiger partial charge in [-0.2, -0.15) is 0 Å². The second kappa shape index (κ2) is 8.05. The van der Waals surface area contributed by atoms with E-state index in [1.807, 2.05) is 42.5 Å². The third-order valence-corrected chi connectivity index (χ3v) is 4.40. The normalized spacial score (nSPS) is 11.3. The minimum atomic E-state index is -0.233.